The highest BCUT2D eigenvalue weighted by molar-refractivity contribution is 5.76. The van der Waals surface area contributed by atoms with E-state index in [0.717, 1.165) is 19.5 Å². The SMILES string of the molecule is CN(C)CCNC(=O)CC1CCCCC1. The number of carbonyl (C=O) groups is 1. The highest BCUT2D eigenvalue weighted by Gasteiger charge is 2.16. The second-order valence-electron chi connectivity index (χ2n) is 4.86. The van der Waals surface area contributed by atoms with E-state index in [1.807, 2.05) is 14.1 Å². The number of hydrogen-bond acceptors (Lipinski definition) is 2. The molecule has 0 aliphatic heterocycles. The Labute approximate surface area is 93.2 Å². The van der Waals surface area contributed by atoms with E-state index in [4.69, 9.17) is 0 Å². The molecule has 0 spiro atoms. The standard InChI is InChI=1S/C12H24N2O/c1-14(2)9-8-13-12(15)10-11-6-4-3-5-7-11/h11H,3-10H2,1-2H3,(H,13,15). The molecule has 0 aromatic rings. The summed E-state index contributed by atoms with van der Waals surface area (Å²) in [6.45, 7) is 1.70. The minimum atomic E-state index is 0.240. The molecule has 0 heterocycles. The molecular formula is C12H24N2O. The number of nitrogens with zero attached hydrogens (tertiary/aromatic N) is 1. The van der Waals surface area contributed by atoms with Crippen LogP contribution in [0.25, 0.3) is 0 Å². The molecule has 3 nitrogen and oxygen atoms in total. The Hall–Kier alpha value is -0.570. The quantitative estimate of drug-likeness (QED) is 0.751. The molecule has 0 atom stereocenters. The first kappa shape index (κ1) is 12.5. The molecular weight excluding hydrogens is 188 g/mol. The fourth-order valence-corrected chi connectivity index (χ4v) is 2.14. The first-order chi connectivity index (χ1) is 7.18. The maximum Gasteiger partial charge on any atom is 0.220 e. The maximum atomic E-state index is 11.6. The molecule has 0 bridgehead atoms. The number of likely N-dealkylation sites (N-methyl/N-ethyl adjacent to an activating group) is 1. The van der Waals surface area contributed by atoms with Crippen molar-refractivity contribution in [2.45, 2.75) is 38.5 Å². The van der Waals surface area contributed by atoms with Crippen LogP contribution in [0, 0.1) is 5.92 Å². The lowest BCUT2D eigenvalue weighted by atomic mass is 9.87. The first-order valence-electron chi connectivity index (χ1n) is 6.10. The molecule has 0 aromatic heterocycles. The van der Waals surface area contributed by atoms with Crippen LogP contribution < -0.4 is 5.32 Å². The van der Waals surface area contributed by atoms with Crippen LogP contribution in [-0.4, -0.2) is 38.0 Å². The normalized spacial score (nSPS) is 18.1. The smallest absolute Gasteiger partial charge is 0.220 e. The van der Waals surface area contributed by atoms with Crippen molar-refractivity contribution in [3.05, 3.63) is 0 Å². The topological polar surface area (TPSA) is 32.3 Å². The van der Waals surface area contributed by atoms with Crippen LogP contribution in [0.1, 0.15) is 38.5 Å². The Balaban J connectivity index is 2.06. The van der Waals surface area contributed by atoms with E-state index in [-0.39, 0.29) is 5.91 Å². The summed E-state index contributed by atoms with van der Waals surface area (Å²) in [7, 11) is 4.04. The van der Waals surface area contributed by atoms with Gasteiger partial charge in [-0.2, -0.15) is 0 Å². The molecule has 1 rings (SSSR count). The van der Waals surface area contributed by atoms with Crippen LogP contribution in [-0.2, 0) is 4.79 Å². The van der Waals surface area contributed by atoms with E-state index in [2.05, 4.69) is 10.2 Å². The Morgan fingerprint density at radius 1 is 1.27 bits per heavy atom. The zero-order chi connectivity index (χ0) is 11.1. The predicted octanol–water partition coefficient (Wildman–Crippen LogP) is 1.63. The summed E-state index contributed by atoms with van der Waals surface area (Å²) >= 11 is 0. The third kappa shape index (κ3) is 5.78. The van der Waals surface area contributed by atoms with Gasteiger partial charge >= 0.3 is 0 Å². The molecule has 0 unspecified atom stereocenters. The zero-order valence-corrected chi connectivity index (χ0v) is 10.1. The van der Waals surface area contributed by atoms with Crippen molar-refractivity contribution in [2.24, 2.45) is 5.92 Å². The number of nitrogens with one attached hydrogen (secondary N) is 1. The van der Waals surface area contributed by atoms with Gasteiger partial charge in [0.25, 0.3) is 0 Å². The molecule has 88 valence electrons. The molecule has 15 heavy (non-hydrogen) atoms. The summed E-state index contributed by atoms with van der Waals surface area (Å²) < 4.78 is 0. The van der Waals surface area contributed by atoms with Crippen molar-refractivity contribution < 1.29 is 4.79 Å². The number of amides is 1. The molecule has 0 aromatic carbocycles. The largest absolute Gasteiger partial charge is 0.355 e. The van der Waals surface area contributed by atoms with Crippen molar-refractivity contribution in [3.8, 4) is 0 Å². The van der Waals surface area contributed by atoms with Gasteiger partial charge in [-0.1, -0.05) is 19.3 Å². The average molecular weight is 212 g/mol. The molecule has 1 amide bonds. The van der Waals surface area contributed by atoms with E-state index in [9.17, 15) is 4.79 Å². The van der Waals surface area contributed by atoms with Gasteiger partial charge in [0.2, 0.25) is 5.91 Å². The van der Waals surface area contributed by atoms with Gasteiger partial charge in [0.1, 0.15) is 0 Å². The lowest BCUT2D eigenvalue weighted by molar-refractivity contribution is -0.122. The summed E-state index contributed by atoms with van der Waals surface area (Å²) in [5.41, 5.74) is 0. The molecule has 1 aliphatic carbocycles. The van der Waals surface area contributed by atoms with Gasteiger partial charge < -0.3 is 10.2 Å². The summed E-state index contributed by atoms with van der Waals surface area (Å²) in [5.74, 6) is 0.891. The molecule has 0 radical (unpaired) electrons. The van der Waals surface area contributed by atoms with Crippen molar-refractivity contribution in [2.75, 3.05) is 27.2 Å². The van der Waals surface area contributed by atoms with E-state index in [1.165, 1.54) is 32.1 Å². The number of rotatable bonds is 5. The summed E-state index contributed by atoms with van der Waals surface area (Å²) in [6, 6.07) is 0. The predicted molar refractivity (Wildman–Crippen MR) is 62.8 cm³/mol. The number of carbonyl (C=O) groups excluding carboxylic acids is 1. The Morgan fingerprint density at radius 2 is 1.93 bits per heavy atom. The zero-order valence-electron chi connectivity index (χ0n) is 10.1. The monoisotopic (exact) mass is 212 g/mol. The Kier molecular flexibility index (Phi) is 5.69. The summed E-state index contributed by atoms with van der Waals surface area (Å²) in [4.78, 5) is 13.6. The van der Waals surface area contributed by atoms with Gasteiger partial charge in [-0.3, -0.25) is 4.79 Å². The van der Waals surface area contributed by atoms with Crippen LogP contribution in [0.5, 0.6) is 0 Å². The Bertz CT molecular complexity index is 186. The third-order valence-electron chi connectivity index (χ3n) is 3.08. The third-order valence-corrected chi connectivity index (χ3v) is 3.08. The van der Waals surface area contributed by atoms with Crippen LogP contribution in [0.4, 0.5) is 0 Å². The van der Waals surface area contributed by atoms with E-state index < -0.39 is 0 Å². The fourth-order valence-electron chi connectivity index (χ4n) is 2.14. The van der Waals surface area contributed by atoms with Crippen molar-refractivity contribution in [3.63, 3.8) is 0 Å². The van der Waals surface area contributed by atoms with Crippen molar-refractivity contribution >= 4 is 5.91 Å². The lowest BCUT2D eigenvalue weighted by Crippen LogP contribution is -2.32. The lowest BCUT2D eigenvalue weighted by Gasteiger charge is -2.21. The highest BCUT2D eigenvalue weighted by atomic mass is 16.1. The fraction of sp³-hybridized carbons (Fsp3) is 0.917. The molecule has 1 fully saturated rings. The minimum absolute atomic E-state index is 0.240. The van der Waals surface area contributed by atoms with Gasteiger partial charge in [-0.25, -0.2) is 0 Å². The first-order valence-corrected chi connectivity index (χ1v) is 6.10. The van der Waals surface area contributed by atoms with Crippen molar-refractivity contribution in [1.82, 2.24) is 10.2 Å². The number of hydrogen-bond donors (Lipinski definition) is 1. The Morgan fingerprint density at radius 3 is 2.53 bits per heavy atom. The minimum Gasteiger partial charge on any atom is -0.355 e. The van der Waals surface area contributed by atoms with Gasteiger partial charge in [0, 0.05) is 19.5 Å². The van der Waals surface area contributed by atoms with Crippen LogP contribution in [0.15, 0.2) is 0 Å². The van der Waals surface area contributed by atoms with Gasteiger partial charge in [-0.15, -0.1) is 0 Å². The molecule has 3 heteroatoms. The van der Waals surface area contributed by atoms with E-state index >= 15 is 0 Å². The summed E-state index contributed by atoms with van der Waals surface area (Å²) in [6.07, 6.45) is 7.24. The molecule has 1 aliphatic rings. The molecule has 0 saturated heterocycles. The van der Waals surface area contributed by atoms with E-state index in [0.29, 0.717) is 5.92 Å². The molecule has 1 saturated carbocycles. The second-order valence-corrected chi connectivity index (χ2v) is 4.86. The van der Waals surface area contributed by atoms with Gasteiger partial charge in [0.15, 0.2) is 0 Å². The van der Waals surface area contributed by atoms with Crippen LogP contribution in [0.3, 0.4) is 0 Å². The summed E-state index contributed by atoms with van der Waals surface area (Å²) in [5, 5.41) is 2.98. The van der Waals surface area contributed by atoms with Crippen molar-refractivity contribution in [1.29, 1.82) is 0 Å². The highest BCUT2D eigenvalue weighted by Crippen LogP contribution is 2.25. The van der Waals surface area contributed by atoms with Gasteiger partial charge in [0.05, 0.1) is 0 Å². The van der Waals surface area contributed by atoms with Gasteiger partial charge in [-0.05, 0) is 32.9 Å². The average Bonchev–Trinajstić information content (AvgIpc) is 2.18. The van der Waals surface area contributed by atoms with E-state index in [1.54, 1.807) is 0 Å². The molecule has 1 N–H and O–H groups in total. The van der Waals surface area contributed by atoms with Crippen LogP contribution >= 0.6 is 0 Å². The van der Waals surface area contributed by atoms with Crippen LogP contribution in [0.2, 0.25) is 0 Å². The second kappa shape index (κ2) is 6.83. The maximum absolute atomic E-state index is 11.6.